The summed E-state index contributed by atoms with van der Waals surface area (Å²) >= 11 is 0. The molecule has 0 spiro atoms. The molecule has 1 aliphatic carbocycles. The molecule has 0 bridgehead atoms. The molecule has 19 heavy (non-hydrogen) atoms. The minimum atomic E-state index is -0.574. The third kappa shape index (κ3) is 3.16. The van der Waals surface area contributed by atoms with Crippen molar-refractivity contribution in [3.05, 3.63) is 34.9 Å². The molecular weight excluding hydrogens is 238 g/mol. The number of ether oxygens (including phenoxy) is 1. The summed E-state index contributed by atoms with van der Waals surface area (Å²) in [5.41, 5.74) is 3.79. The van der Waals surface area contributed by atoms with E-state index in [0.717, 1.165) is 19.4 Å². The molecule has 1 heterocycles. The first kappa shape index (κ1) is 13.1. The summed E-state index contributed by atoms with van der Waals surface area (Å²) in [6, 6.07) is 6.80. The Balaban J connectivity index is 1.52. The molecular formula is C16H23NO2. The largest absolute Gasteiger partial charge is 0.388 e. The van der Waals surface area contributed by atoms with Crippen LogP contribution in [0.1, 0.15) is 36.0 Å². The standard InChI is InChI=1S/C16H23NO2/c18-16(6-8-19-9-7-16)12-17-11-13-4-5-14-2-1-3-15(14)10-13/h4-5,10,17-18H,1-3,6-9,11-12H2. The van der Waals surface area contributed by atoms with Gasteiger partial charge in [-0.1, -0.05) is 18.2 Å². The van der Waals surface area contributed by atoms with Crippen molar-refractivity contribution in [3.63, 3.8) is 0 Å². The molecule has 1 aromatic rings. The number of aliphatic hydroxyl groups is 1. The first-order valence-electron chi connectivity index (χ1n) is 7.37. The maximum absolute atomic E-state index is 10.4. The average molecular weight is 261 g/mol. The van der Waals surface area contributed by atoms with Crippen LogP contribution >= 0.6 is 0 Å². The molecule has 1 saturated heterocycles. The molecule has 1 aliphatic heterocycles. The molecule has 0 saturated carbocycles. The number of hydrogen-bond donors (Lipinski definition) is 2. The van der Waals surface area contributed by atoms with Gasteiger partial charge >= 0.3 is 0 Å². The highest BCUT2D eigenvalue weighted by Crippen LogP contribution is 2.23. The molecule has 1 fully saturated rings. The van der Waals surface area contributed by atoms with Crippen LogP contribution in [0, 0.1) is 0 Å². The molecule has 2 N–H and O–H groups in total. The maximum Gasteiger partial charge on any atom is 0.0815 e. The van der Waals surface area contributed by atoms with Gasteiger partial charge in [0, 0.05) is 39.1 Å². The second kappa shape index (κ2) is 5.61. The Morgan fingerprint density at radius 3 is 2.79 bits per heavy atom. The van der Waals surface area contributed by atoms with Gasteiger partial charge in [0.15, 0.2) is 0 Å². The van der Waals surface area contributed by atoms with Gasteiger partial charge in [0.2, 0.25) is 0 Å². The molecule has 104 valence electrons. The van der Waals surface area contributed by atoms with Gasteiger partial charge < -0.3 is 15.2 Å². The fraction of sp³-hybridized carbons (Fsp3) is 0.625. The van der Waals surface area contributed by atoms with E-state index in [4.69, 9.17) is 4.74 Å². The molecule has 0 amide bonds. The Labute approximate surface area is 115 Å². The number of rotatable bonds is 4. The Morgan fingerprint density at radius 2 is 1.95 bits per heavy atom. The van der Waals surface area contributed by atoms with E-state index >= 15 is 0 Å². The van der Waals surface area contributed by atoms with Crippen LogP contribution in [0.5, 0.6) is 0 Å². The minimum absolute atomic E-state index is 0.574. The summed E-state index contributed by atoms with van der Waals surface area (Å²) in [5, 5.41) is 13.8. The number of hydrogen-bond acceptors (Lipinski definition) is 3. The highest BCUT2D eigenvalue weighted by Gasteiger charge is 2.29. The Bertz CT molecular complexity index is 438. The van der Waals surface area contributed by atoms with Crippen molar-refractivity contribution < 1.29 is 9.84 Å². The van der Waals surface area contributed by atoms with Crippen LogP contribution in [0.2, 0.25) is 0 Å². The molecule has 3 nitrogen and oxygen atoms in total. The van der Waals surface area contributed by atoms with Crippen molar-refractivity contribution in [2.45, 2.75) is 44.2 Å². The second-order valence-corrected chi connectivity index (χ2v) is 5.90. The van der Waals surface area contributed by atoms with Gasteiger partial charge in [0.05, 0.1) is 5.60 Å². The lowest BCUT2D eigenvalue weighted by Gasteiger charge is -2.32. The Hall–Kier alpha value is -0.900. The summed E-state index contributed by atoms with van der Waals surface area (Å²) in [4.78, 5) is 0. The summed E-state index contributed by atoms with van der Waals surface area (Å²) in [6.07, 6.45) is 5.24. The van der Waals surface area contributed by atoms with Crippen LogP contribution in [0.3, 0.4) is 0 Å². The van der Waals surface area contributed by atoms with Crippen molar-refractivity contribution in [3.8, 4) is 0 Å². The normalized spacial score (nSPS) is 21.3. The number of nitrogens with one attached hydrogen (secondary N) is 1. The zero-order valence-corrected chi connectivity index (χ0v) is 11.5. The van der Waals surface area contributed by atoms with Gasteiger partial charge in [-0.2, -0.15) is 0 Å². The summed E-state index contributed by atoms with van der Waals surface area (Å²) in [7, 11) is 0. The highest BCUT2D eigenvalue weighted by molar-refractivity contribution is 5.35. The van der Waals surface area contributed by atoms with Crippen LogP contribution in [0.4, 0.5) is 0 Å². The molecule has 0 radical (unpaired) electrons. The van der Waals surface area contributed by atoms with Crippen molar-refractivity contribution in [2.75, 3.05) is 19.8 Å². The molecule has 0 atom stereocenters. The van der Waals surface area contributed by atoms with Crippen LogP contribution in [0.25, 0.3) is 0 Å². The van der Waals surface area contributed by atoms with Gasteiger partial charge in [-0.25, -0.2) is 0 Å². The van der Waals surface area contributed by atoms with Crippen molar-refractivity contribution in [1.29, 1.82) is 0 Å². The Morgan fingerprint density at radius 1 is 1.16 bits per heavy atom. The Kier molecular flexibility index (Phi) is 3.87. The molecule has 3 heteroatoms. The van der Waals surface area contributed by atoms with E-state index in [1.807, 2.05) is 0 Å². The van der Waals surface area contributed by atoms with Gasteiger partial charge in [0.25, 0.3) is 0 Å². The predicted molar refractivity (Wildman–Crippen MR) is 75.2 cm³/mol. The van der Waals surface area contributed by atoms with E-state index in [9.17, 15) is 5.11 Å². The SMILES string of the molecule is OC1(CNCc2ccc3c(c2)CCC3)CCOCC1. The van der Waals surface area contributed by atoms with Crippen LogP contribution < -0.4 is 5.32 Å². The second-order valence-electron chi connectivity index (χ2n) is 5.90. The topological polar surface area (TPSA) is 41.5 Å². The van der Waals surface area contributed by atoms with Crippen molar-refractivity contribution >= 4 is 0 Å². The number of aryl methyl sites for hydroxylation is 2. The number of benzene rings is 1. The molecule has 3 rings (SSSR count). The summed E-state index contributed by atoms with van der Waals surface area (Å²) < 4.78 is 5.29. The van der Waals surface area contributed by atoms with E-state index in [1.165, 1.54) is 36.0 Å². The fourth-order valence-corrected chi connectivity index (χ4v) is 3.10. The lowest BCUT2D eigenvalue weighted by Crippen LogP contribution is -2.44. The van der Waals surface area contributed by atoms with E-state index in [-0.39, 0.29) is 0 Å². The first-order chi connectivity index (χ1) is 9.25. The van der Waals surface area contributed by atoms with Crippen molar-refractivity contribution in [1.82, 2.24) is 5.32 Å². The highest BCUT2D eigenvalue weighted by atomic mass is 16.5. The lowest BCUT2D eigenvalue weighted by molar-refractivity contribution is -0.0617. The van der Waals surface area contributed by atoms with E-state index < -0.39 is 5.60 Å². The van der Waals surface area contributed by atoms with Crippen molar-refractivity contribution in [2.24, 2.45) is 0 Å². The summed E-state index contributed by atoms with van der Waals surface area (Å²) in [5.74, 6) is 0. The predicted octanol–water partition coefficient (Wildman–Crippen LogP) is 1.81. The van der Waals surface area contributed by atoms with Gasteiger partial charge in [-0.15, -0.1) is 0 Å². The van der Waals surface area contributed by atoms with Gasteiger partial charge in [0.1, 0.15) is 0 Å². The van der Waals surface area contributed by atoms with E-state index in [0.29, 0.717) is 19.8 Å². The number of fused-ring (bicyclic) bond motifs is 1. The molecule has 0 aromatic heterocycles. The molecule has 1 aromatic carbocycles. The van der Waals surface area contributed by atoms with Gasteiger partial charge in [-0.3, -0.25) is 0 Å². The third-order valence-corrected chi connectivity index (χ3v) is 4.37. The van der Waals surface area contributed by atoms with E-state index in [2.05, 4.69) is 23.5 Å². The van der Waals surface area contributed by atoms with Crippen LogP contribution in [-0.4, -0.2) is 30.5 Å². The van der Waals surface area contributed by atoms with Crippen LogP contribution in [0.15, 0.2) is 18.2 Å². The monoisotopic (exact) mass is 261 g/mol. The quantitative estimate of drug-likeness (QED) is 0.868. The minimum Gasteiger partial charge on any atom is -0.388 e. The summed E-state index contributed by atoms with van der Waals surface area (Å²) in [6.45, 7) is 2.86. The third-order valence-electron chi connectivity index (χ3n) is 4.37. The molecule has 2 aliphatic rings. The zero-order chi connectivity index (χ0) is 13.1. The fourth-order valence-electron chi connectivity index (χ4n) is 3.10. The lowest BCUT2D eigenvalue weighted by atomic mass is 9.94. The molecule has 0 unspecified atom stereocenters. The first-order valence-corrected chi connectivity index (χ1v) is 7.37. The van der Waals surface area contributed by atoms with Gasteiger partial charge in [-0.05, 0) is 36.0 Å². The zero-order valence-electron chi connectivity index (χ0n) is 11.5. The average Bonchev–Trinajstić information content (AvgIpc) is 2.87. The smallest absolute Gasteiger partial charge is 0.0815 e. The van der Waals surface area contributed by atoms with E-state index in [1.54, 1.807) is 0 Å². The maximum atomic E-state index is 10.4. The van der Waals surface area contributed by atoms with Crippen LogP contribution in [-0.2, 0) is 24.1 Å².